The van der Waals surface area contributed by atoms with Crippen LogP contribution in [0.5, 0.6) is 5.75 Å². The Labute approximate surface area is 191 Å². The average molecular weight is 432 g/mol. The van der Waals surface area contributed by atoms with Gasteiger partial charge >= 0.3 is 5.97 Å². The summed E-state index contributed by atoms with van der Waals surface area (Å²) >= 11 is 0. The van der Waals surface area contributed by atoms with Crippen molar-refractivity contribution in [2.24, 2.45) is 11.7 Å². The van der Waals surface area contributed by atoms with E-state index in [-0.39, 0.29) is 12.3 Å². The number of aryl methyl sites for hydroxylation is 1. The monoisotopic (exact) mass is 431 g/mol. The molecule has 168 valence electrons. The lowest BCUT2D eigenvalue weighted by molar-refractivity contribution is -0.137. The van der Waals surface area contributed by atoms with Gasteiger partial charge in [0.1, 0.15) is 12.4 Å². The molecule has 1 unspecified atom stereocenters. The molecule has 0 spiro atoms. The van der Waals surface area contributed by atoms with Gasteiger partial charge in [-0.1, -0.05) is 62.4 Å². The highest BCUT2D eigenvalue weighted by atomic mass is 16.5. The van der Waals surface area contributed by atoms with Gasteiger partial charge in [0, 0.05) is 5.92 Å². The van der Waals surface area contributed by atoms with E-state index in [4.69, 9.17) is 15.6 Å². The van der Waals surface area contributed by atoms with Gasteiger partial charge in [-0.25, -0.2) is 0 Å². The minimum atomic E-state index is -0.842. The van der Waals surface area contributed by atoms with Gasteiger partial charge in [-0.2, -0.15) is 0 Å². The van der Waals surface area contributed by atoms with E-state index in [9.17, 15) is 4.79 Å². The lowest BCUT2D eigenvalue weighted by Crippen LogP contribution is -2.16. The first-order valence-electron chi connectivity index (χ1n) is 11.2. The van der Waals surface area contributed by atoms with Gasteiger partial charge in [0.15, 0.2) is 0 Å². The van der Waals surface area contributed by atoms with Gasteiger partial charge in [-0.3, -0.25) is 4.79 Å². The predicted octanol–water partition coefficient (Wildman–Crippen LogP) is 5.96. The maximum absolute atomic E-state index is 11.0. The third-order valence-corrected chi connectivity index (χ3v) is 5.67. The highest BCUT2D eigenvalue weighted by Gasteiger charge is 2.14. The van der Waals surface area contributed by atoms with E-state index in [1.165, 1.54) is 22.3 Å². The van der Waals surface area contributed by atoms with E-state index in [0.29, 0.717) is 19.1 Å². The Kier molecular flexibility index (Phi) is 8.07. The zero-order valence-corrected chi connectivity index (χ0v) is 19.2. The average Bonchev–Trinajstić information content (AvgIpc) is 2.77. The Hall–Kier alpha value is -3.11. The van der Waals surface area contributed by atoms with Crippen molar-refractivity contribution in [1.82, 2.24) is 0 Å². The Morgan fingerprint density at radius 2 is 1.62 bits per heavy atom. The summed E-state index contributed by atoms with van der Waals surface area (Å²) in [5.41, 5.74) is 12.8. The zero-order valence-electron chi connectivity index (χ0n) is 19.2. The molecule has 0 saturated heterocycles. The van der Waals surface area contributed by atoms with Crippen LogP contribution in [0, 0.1) is 12.8 Å². The molecule has 4 heteroatoms. The Balaban J connectivity index is 1.68. The van der Waals surface area contributed by atoms with Crippen LogP contribution < -0.4 is 10.5 Å². The molecule has 0 aliphatic heterocycles. The van der Waals surface area contributed by atoms with Gasteiger partial charge in [0.2, 0.25) is 0 Å². The molecule has 3 rings (SSSR count). The van der Waals surface area contributed by atoms with E-state index in [1.807, 2.05) is 24.3 Å². The quantitative estimate of drug-likeness (QED) is 0.416. The van der Waals surface area contributed by atoms with Crippen LogP contribution in [0.2, 0.25) is 0 Å². The minimum Gasteiger partial charge on any atom is -0.489 e. The Morgan fingerprint density at radius 1 is 0.969 bits per heavy atom. The molecule has 32 heavy (non-hydrogen) atoms. The normalized spacial score (nSPS) is 12.0. The maximum Gasteiger partial charge on any atom is 0.304 e. The number of carboxylic acids is 1. The summed E-state index contributed by atoms with van der Waals surface area (Å²) in [4.78, 5) is 11.0. The molecule has 0 saturated carbocycles. The molecule has 0 amide bonds. The highest BCUT2D eigenvalue weighted by molar-refractivity contribution is 5.68. The largest absolute Gasteiger partial charge is 0.489 e. The summed E-state index contributed by atoms with van der Waals surface area (Å²) in [6.07, 6.45) is 1.12. The van der Waals surface area contributed by atoms with Gasteiger partial charge in [0.25, 0.3) is 0 Å². The first-order valence-corrected chi connectivity index (χ1v) is 11.2. The van der Waals surface area contributed by atoms with E-state index in [1.54, 1.807) is 0 Å². The highest BCUT2D eigenvalue weighted by Crippen LogP contribution is 2.27. The summed E-state index contributed by atoms with van der Waals surface area (Å²) in [6.45, 7) is 7.37. The maximum atomic E-state index is 11.0. The summed E-state index contributed by atoms with van der Waals surface area (Å²) in [7, 11) is 0. The summed E-state index contributed by atoms with van der Waals surface area (Å²) in [5.74, 6) is 0.370. The lowest BCUT2D eigenvalue weighted by atomic mass is 9.95. The van der Waals surface area contributed by atoms with Crippen molar-refractivity contribution >= 4 is 5.97 Å². The third kappa shape index (κ3) is 6.44. The van der Waals surface area contributed by atoms with Gasteiger partial charge in [-0.05, 0) is 77.4 Å². The van der Waals surface area contributed by atoms with E-state index in [2.05, 4.69) is 63.2 Å². The van der Waals surface area contributed by atoms with Crippen LogP contribution in [0.3, 0.4) is 0 Å². The number of rotatable bonds is 10. The number of hydrogen-bond acceptors (Lipinski definition) is 3. The fourth-order valence-corrected chi connectivity index (χ4v) is 3.91. The molecule has 0 radical (unpaired) electrons. The summed E-state index contributed by atoms with van der Waals surface area (Å²) < 4.78 is 5.99. The van der Waals surface area contributed by atoms with Crippen LogP contribution >= 0.6 is 0 Å². The molecule has 3 N–H and O–H groups in total. The molecule has 1 atom stereocenters. The number of benzene rings is 3. The van der Waals surface area contributed by atoms with Crippen molar-refractivity contribution in [2.45, 2.75) is 46.1 Å². The summed E-state index contributed by atoms with van der Waals surface area (Å²) in [6, 6.07) is 22.8. The predicted molar refractivity (Wildman–Crippen MR) is 130 cm³/mol. The Bertz CT molecular complexity index is 1020. The molecular weight excluding hydrogens is 398 g/mol. The zero-order chi connectivity index (χ0) is 23.1. The van der Waals surface area contributed by atoms with E-state index in [0.717, 1.165) is 23.3 Å². The van der Waals surface area contributed by atoms with E-state index < -0.39 is 5.97 Å². The third-order valence-electron chi connectivity index (χ3n) is 5.67. The van der Waals surface area contributed by atoms with Crippen LogP contribution in [0.25, 0.3) is 11.1 Å². The van der Waals surface area contributed by atoms with E-state index >= 15 is 0 Å². The number of hydrogen-bond donors (Lipinski definition) is 2. The first kappa shape index (κ1) is 23.6. The number of ether oxygens (including phenoxy) is 1. The number of nitrogens with two attached hydrogens (primary N) is 1. The van der Waals surface area contributed by atoms with Crippen molar-refractivity contribution in [1.29, 1.82) is 0 Å². The van der Waals surface area contributed by atoms with Crippen LogP contribution in [0.4, 0.5) is 0 Å². The molecule has 3 aromatic carbocycles. The fourth-order valence-electron chi connectivity index (χ4n) is 3.91. The SMILES string of the molecule is Cc1ccc(COc2ccc(C(CN)CC(=O)O)cc2)cc1-c1ccc(CC(C)C)cc1. The van der Waals surface area contributed by atoms with Crippen molar-refractivity contribution in [2.75, 3.05) is 6.54 Å². The molecule has 4 nitrogen and oxygen atoms in total. The van der Waals surface area contributed by atoms with Gasteiger partial charge in [-0.15, -0.1) is 0 Å². The van der Waals surface area contributed by atoms with Crippen LogP contribution in [-0.4, -0.2) is 17.6 Å². The second-order valence-electron chi connectivity index (χ2n) is 8.83. The molecule has 0 aliphatic rings. The van der Waals surface area contributed by atoms with Gasteiger partial charge in [0.05, 0.1) is 6.42 Å². The topological polar surface area (TPSA) is 72.5 Å². The van der Waals surface area contributed by atoms with Crippen molar-refractivity contribution in [3.8, 4) is 16.9 Å². The van der Waals surface area contributed by atoms with Crippen molar-refractivity contribution in [3.05, 3.63) is 89.0 Å². The molecule has 0 bridgehead atoms. The first-order chi connectivity index (χ1) is 15.4. The van der Waals surface area contributed by atoms with Crippen LogP contribution in [0.1, 0.15) is 48.4 Å². The number of carboxylic acid groups (broad SMARTS) is 1. The standard InChI is InChI=1S/C28H33NO3/c1-19(2)14-21-6-8-24(9-7-21)27-15-22(5-4-20(27)3)18-32-26-12-10-23(11-13-26)25(17-29)16-28(30)31/h4-13,15,19,25H,14,16-18,29H2,1-3H3,(H,30,31). The van der Waals surface area contributed by atoms with Crippen LogP contribution in [0.15, 0.2) is 66.7 Å². The molecule has 0 heterocycles. The number of carbonyl (C=O) groups is 1. The second kappa shape index (κ2) is 11.0. The summed E-state index contributed by atoms with van der Waals surface area (Å²) in [5, 5.41) is 9.03. The number of aliphatic carboxylic acids is 1. The van der Waals surface area contributed by atoms with Crippen molar-refractivity contribution < 1.29 is 14.6 Å². The fraction of sp³-hybridized carbons (Fsp3) is 0.321. The molecule has 0 fully saturated rings. The Morgan fingerprint density at radius 3 is 2.22 bits per heavy atom. The smallest absolute Gasteiger partial charge is 0.304 e. The minimum absolute atomic E-state index is 0.0291. The molecule has 3 aromatic rings. The van der Waals surface area contributed by atoms with Gasteiger partial charge < -0.3 is 15.6 Å². The van der Waals surface area contributed by atoms with Crippen molar-refractivity contribution in [3.63, 3.8) is 0 Å². The lowest BCUT2D eigenvalue weighted by Gasteiger charge is -2.14. The molecular formula is C28H33NO3. The molecule has 0 aromatic heterocycles. The second-order valence-corrected chi connectivity index (χ2v) is 8.83. The molecule has 0 aliphatic carbocycles. The van der Waals surface area contributed by atoms with Crippen LogP contribution in [-0.2, 0) is 17.8 Å².